The Kier molecular flexibility index (Phi) is 2.26. The molecular formula is C14H16O3. The van der Waals surface area contributed by atoms with Gasteiger partial charge in [-0.05, 0) is 18.9 Å². The second kappa shape index (κ2) is 3.57. The number of aryl methyl sites for hydroxylation is 1. The highest BCUT2D eigenvalue weighted by Gasteiger charge is 2.65. The molecule has 3 atom stereocenters. The largest absolute Gasteiger partial charge is 0.469 e. The third-order valence-electron chi connectivity index (χ3n) is 4.14. The lowest BCUT2D eigenvalue weighted by molar-refractivity contribution is -0.154. The molecule has 1 aromatic carbocycles. The maximum Gasteiger partial charge on any atom is 0.312 e. The molecule has 17 heavy (non-hydrogen) atoms. The van der Waals surface area contributed by atoms with E-state index in [9.17, 15) is 4.79 Å². The molecule has 2 aliphatic heterocycles. The number of hydrogen-bond acceptors (Lipinski definition) is 3. The topological polar surface area (TPSA) is 35.5 Å². The van der Waals surface area contributed by atoms with E-state index >= 15 is 0 Å². The zero-order chi connectivity index (χ0) is 12.0. The minimum absolute atomic E-state index is 0.0583. The fraction of sp³-hybridized carbons (Fsp3) is 0.500. The molecule has 0 radical (unpaired) electrons. The number of benzene rings is 1. The quantitative estimate of drug-likeness (QED) is 0.730. The van der Waals surface area contributed by atoms with Crippen molar-refractivity contribution >= 4 is 5.97 Å². The van der Waals surface area contributed by atoms with Crippen LogP contribution in [0.15, 0.2) is 24.3 Å². The first-order chi connectivity index (χ1) is 8.17. The first-order valence-corrected chi connectivity index (χ1v) is 5.94. The van der Waals surface area contributed by atoms with E-state index in [0.29, 0.717) is 6.61 Å². The number of carbonyl (C=O) groups is 1. The molecule has 3 nitrogen and oxygen atoms in total. The van der Waals surface area contributed by atoms with Crippen LogP contribution in [0.3, 0.4) is 0 Å². The maximum atomic E-state index is 11.8. The summed E-state index contributed by atoms with van der Waals surface area (Å²) in [5, 5.41) is 0. The van der Waals surface area contributed by atoms with Crippen LogP contribution >= 0.6 is 0 Å². The highest BCUT2D eigenvalue weighted by atomic mass is 16.5. The van der Waals surface area contributed by atoms with Crippen molar-refractivity contribution in [3.8, 4) is 0 Å². The molecule has 0 amide bonds. The highest BCUT2D eigenvalue weighted by Crippen LogP contribution is 2.56. The molecule has 2 bridgehead atoms. The zero-order valence-electron chi connectivity index (χ0n) is 10.1. The minimum atomic E-state index is -0.139. The molecule has 1 aliphatic carbocycles. The summed E-state index contributed by atoms with van der Waals surface area (Å²) in [5.41, 5.74) is 2.29. The van der Waals surface area contributed by atoms with E-state index in [2.05, 4.69) is 25.1 Å². The van der Waals surface area contributed by atoms with E-state index in [1.54, 1.807) is 0 Å². The fourth-order valence-corrected chi connectivity index (χ4v) is 3.20. The van der Waals surface area contributed by atoms with Crippen LogP contribution in [0.5, 0.6) is 0 Å². The van der Waals surface area contributed by atoms with Crippen molar-refractivity contribution < 1.29 is 14.3 Å². The Morgan fingerprint density at radius 2 is 2.35 bits per heavy atom. The Balaban J connectivity index is 1.99. The van der Waals surface area contributed by atoms with E-state index in [1.165, 1.54) is 18.2 Å². The number of hydrogen-bond donors (Lipinski definition) is 0. The number of rotatable bonds is 2. The predicted octanol–water partition coefficient (Wildman–Crippen LogP) is 1.82. The van der Waals surface area contributed by atoms with E-state index in [-0.39, 0.29) is 23.4 Å². The van der Waals surface area contributed by atoms with Gasteiger partial charge in [-0.3, -0.25) is 4.79 Å². The second-order valence-electron chi connectivity index (χ2n) is 5.08. The van der Waals surface area contributed by atoms with Crippen LogP contribution in [-0.4, -0.2) is 25.8 Å². The third kappa shape index (κ3) is 1.35. The third-order valence-corrected chi connectivity index (χ3v) is 4.14. The summed E-state index contributed by atoms with van der Waals surface area (Å²) in [4.78, 5) is 11.8. The van der Waals surface area contributed by atoms with E-state index in [4.69, 9.17) is 9.47 Å². The van der Waals surface area contributed by atoms with Gasteiger partial charge in [-0.1, -0.05) is 29.8 Å². The molecule has 3 fully saturated rings. The summed E-state index contributed by atoms with van der Waals surface area (Å²) in [7, 11) is 1.45. The Morgan fingerprint density at radius 3 is 3.00 bits per heavy atom. The molecule has 4 rings (SSSR count). The van der Waals surface area contributed by atoms with Crippen LogP contribution < -0.4 is 0 Å². The maximum absolute atomic E-state index is 11.8. The fourth-order valence-electron chi connectivity index (χ4n) is 3.20. The first-order valence-electron chi connectivity index (χ1n) is 5.94. The average Bonchev–Trinajstić information content (AvgIpc) is 2.88. The second-order valence-corrected chi connectivity index (χ2v) is 5.08. The molecule has 2 heterocycles. The van der Waals surface area contributed by atoms with Crippen LogP contribution in [0, 0.1) is 12.8 Å². The Hall–Kier alpha value is -1.35. The van der Waals surface area contributed by atoms with Crippen molar-refractivity contribution in [2.75, 3.05) is 13.7 Å². The highest BCUT2D eigenvalue weighted by molar-refractivity contribution is 5.78. The van der Waals surface area contributed by atoms with Crippen molar-refractivity contribution in [2.45, 2.75) is 24.9 Å². The predicted molar refractivity (Wildman–Crippen MR) is 62.7 cm³/mol. The van der Waals surface area contributed by atoms with Gasteiger partial charge in [0, 0.05) is 5.41 Å². The summed E-state index contributed by atoms with van der Waals surface area (Å²) in [6.07, 6.45) is 0.999. The zero-order valence-corrected chi connectivity index (χ0v) is 10.1. The lowest BCUT2D eigenvalue weighted by Gasteiger charge is -2.43. The molecule has 0 aromatic heterocycles. The summed E-state index contributed by atoms with van der Waals surface area (Å²) in [5.74, 6) is -0.255. The van der Waals surface area contributed by atoms with Crippen LogP contribution in [0.1, 0.15) is 17.5 Å². The molecule has 2 saturated heterocycles. The van der Waals surface area contributed by atoms with Gasteiger partial charge in [0.25, 0.3) is 0 Å². The van der Waals surface area contributed by atoms with Gasteiger partial charge in [0.1, 0.15) is 0 Å². The van der Waals surface area contributed by atoms with Gasteiger partial charge in [-0.25, -0.2) is 0 Å². The van der Waals surface area contributed by atoms with Gasteiger partial charge in [0.15, 0.2) is 0 Å². The summed E-state index contributed by atoms with van der Waals surface area (Å²) in [6, 6.07) is 8.35. The summed E-state index contributed by atoms with van der Waals surface area (Å²) in [6.45, 7) is 2.71. The van der Waals surface area contributed by atoms with Crippen LogP contribution in [0.4, 0.5) is 0 Å². The van der Waals surface area contributed by atoms with Crippen molar-refractivity contribution in [1.29, 1.82) is 0 Å². The van der Waals surface area contributed by atoms with Gasteiger partial charge in [0.2, 0.25) is 0 Å². The lowest BCUT2D eigenvalue weighted by atomic mass is 9.57. The Morgan fingerprint density at radius 1 is 1.53 bits per heavy atom. The molecular weight excluding hydrogens is 216 g/mol. The van der Waals surface area contributed by atoms with Gasteiger partial charge >= 0.3 is 5.97 Å². The Labute approximate surface area is 101 Å². The number of methoxy groups -OCH3 is 1. The molecule has 1 aromatic rings. The first kappa shape index (κ1) is 10.8. The van der Waals surface area contributed by atoms with Crippen molar-refractivity contribution in [2.24, 2.45) is 5.92 Å². The van der Waals surface area contributed by atoms with Gasteiger partial charge in [-0.2, -0.15) is 0 Å². The number of ether oxygens (including phenoxy) is 2. The molecule has 3 aliphatic rings. The SMILES string of the molecule is COC(=O)C1C2CC1(c1cccc(C)c1)CO2. The monoisotopic (exact) mass is 232 g/mol. The minimum Gasteiger partial charge on any atom is -0.469 e. The van der Waals surface area contributed by atoms with Gasteiger partial charge in [-0.15, -0.1) is 0 Å². The normalized spacial score (nSPS) is 34.2. The van der Waals surface area contributed by atoms with Crippen molar-refractivity contribution in [3.05, 3.63) is 35.4 Å². The van der Waals surface area contributed by atoms with Crippen molar-refractivity contribution in [1.82, 2.24) is 0 Å². The average molecular weight is 232 g/mol. The lowest BCUT2D eigenvalue weighted by Crippen LogP contribution is -2.52. The number of esters is 1. The number of fused-ring (bicyclic) bond motifs is 1. The van der Waals surface area contributed by atoms with E-state index < -0.39 is 0 Å². The molecule has 1 saturated carbocycles. The molecule has 3 unspecified atom stereocenters. The molecule has 0 N–H and O–H groups in total. The van der Waals surface area contributed by atoms with Crippen LogP contribution in [0.2, 0.25) is 0 Å². The molecule has 3 heteroatoms. The van der Waals surface area contributed by atoms with Crippen molar-refractivity contribution in [3.63, 3.8) is 0 Å². The van der Waals surface area contributed by atoms with Gasteiger partial charge < -0.3 is 9.47 Å². The van der Waals surface area contributed by atoms with E-state index in [1.807, 2.05) is 6.07 Å². The van der Waals surface area contributed by atoms with Crippen LogP contribution in [0.25, 0.3) is 0 Å². The van der Waals surface area contributed by atoms with Crippen LogP contribution in [-0.2, 0) is 19.7 Å². The molecule has 90 valence electrons. The standard InChI is InChI=1S/C14H16O3/c1-9-4-3-5-10(6-9)14-7-11(17-8-14)12(14)13(15)16-2/h3-6,11-12H,7-8H2,1-2H3. The molecule has 0 spiro atoms. The Bertz CT molecular complexity index is 464. The van der Waals surface area contributed by atoms with Gasteiger partial charge in [0.05, 0.1) is 25.7 Å². The smallest absolute Gasteiger partial charge is 0.312 e. The number of carbonyl (C=O) groups excluding carboxylic acids is 1. The summed E-state index contributed by atoms with van der Waals surface area (Å²) >= 11 is 0. The van der Waals surface area contributed by atoms with E-state index in [0.717, 1.165) is 6.42 Å². The summed E-state index contributed by atoms with van der Waals surface area (Å²) < 4.78 is 10.6.